The summed E-state index contributed by atoms with van der Waals surface area (Å²) >= 11 is 0. The normalized spacial score (nSPS) is 10.3. The van der Waals surface area contributed by atoms with E-state index >= 15 is 0 Å². The van der Waals surface area contributed by atoms with Gasteiger partial charge in [-0.25, -0.2) is 0 Å². The molecular formula is C18H17NO. The Bertz CT molecular complexity index is 631. The maximum Gasteiger partial charge on any atom is 0.207 e. The number of nitrogens with one attached hydrogen (secondary N) is 1. The molecule has 0 aliphatic carbocycles. The summed E-state index contributed by atoms with van der Waals surface area (Å²) in [5.41, 5.74) is 2.64. The molecule has 0 atom stereocenters. The van der Waals surface area contributed by atoms with Crippen LogP contribution in [-0.4, -0.2) is 6.41 Å². The number of benzene rings is 2. The summed E-state index contributed by atoms with van der Waals surface area (Å²) in [6, 6.07) is 17.8. The van der Waals surface area contributed by atoms with E-state index in [4.69, 9.17) is 0 Å². The summed E-state index contributed by atoms with van der Waals surface area (Å²) in [4.78, 5) is 10.6. The first-order valence-corrected chi connectivity index (χ1v) is 6.51. The molecule has 2 aromatic rings. The van der Waals surface area contributed by atoms with Crippen LogP contribution in [0, 0.1) is 11.8 Å². The number of carbonyl (C=O) groups excluding carboxylic acids is 1. The topological polar surface area (TPSA) is 29.1 Å². The molecule has 0 aliphatic rings. The van der Waals surface area contributed by atoms with Crippen LogP contribution in [0.25, 0.3) is 0 Å². The lowest BCUT2D eigenvalue weighted by molar-refractivity contribution is -0.111. The predicted octanol–water partition coefficient (Wildman–Crippen LogP) is 3.07. The van der Waals surface area contributed by atoms with E-state index in [-0.39, 0.29) is 5.54 Å². The van der Waals surface area contributed by atoms with Gasteiger partial charge >= 0.3 is 0 Å². The molecule has 0 radical (unpaired) electrons. The summed E-state index contributed by atoms with van der Waals surface area (Å²) in [5, 5.41) is 2.80. The molecule has 2 nitrogen and oxygen atoms in total. The first-order valence-electron chi connectivity index (χ1n) is 6.51. The second-order valence-electron chi connectivity index (χ2n) is 5.08. The van der Waals surface area contributed by atoms with Crippen molar-refractivity contribution < 1.29 is 4.79 Å². The predicted molar refractivity (Wildman–Crippen MR) is 81.1 cm³/mol. The molecule has 1 N–H and O–H groups in total. The van der Waals surface area contributed by atoms with Crippen molar-refractivity contribution >= 4 is 6.41 Å². The van der Waals surface area contributed by atoms with Crippen molar-refractivity contribution in [2.24, 2.45) is 0 Å². The van der Waals surface area contributed by atoms with Crippen molar-refractivity contribution in [2.75, 3.05) is 0 Å². The molecule has 2 aromatic carbocycles. The molecule has 0 saturated heterocycles. The third kappa shape index (κ3) is 3.49. The van der Waals surface area contributed by atoms with Gasteiger partial charge in [0.2, 0.25) is 6.41 Å². The van der Waals surface area contributed by atoms with Crippen LogP contribution >= 0.6 is 0 Å². The third-order valence-corrected chi connectivity index (χ3v) is 3.15. The zero-order valence-corrected chi connectivity index (χ0v) is 11.7. The first-order chi connectivity index (χ1) is 9.62. The molecule has 2 rings (SSSR count). The van der Waals surface area contributed by atoms with E-state index in [1.165, 1.54) is 0 Å². The van der Waals surface area contributed by atoms with Crippen molar-refractivity contribution in [1.29, 1.82) is 0 Å². The average molecular weight is 263 g/mol. The van der Waals surface area contributed by atoms with Crippen molar-refractivity contribution in [2.45, 2.75) is 19.4 Å². The van der Waals surface area contributed by atoms with Crippen LogP contribution in [0.1, 0.15) is 30.5 Å². The van der Waals surface area contributed by atoms with Crippen LogP contribution in [0.5, 0.6) is 0 Å². The molecule has 1 amide bonds. The summed E-state index contributed by atoms with van der Waals surface area (Å²) in [6.45, 7) is 3.93. The highest BCUT2D eigenvalue weighted by Crippen LogP contribution is 2.19. The van der Waals surface area contributed by atoms with Gasteiger partial charge in [-0.2, -0.15) is 0 Å². The van der Waals surface area contributed by atoms with Gasteiger partial charge in [0.05, 0.1) is 5.54 Å². The first kappa shape index (κ1) is 13.9. The van der Waals surface area contributed by atoms with Crippen LogP contribution in [0.3, 0.4) is 0 Å². The standard InChI is InChI=1S/C18H17NO/c1-18(2,19-14-20)17-12-10-16(11-13-17)9-8-15-6-4-3-5-7-15/h3-7,10-14H,1-2H3,(H,19,20). The van der Waals surface area contributed by atoms with E-state index in [0.29, 0.717) is 0 Å². The minimum Gasteiger partial charge on any atom is -0.350 e. The quantitative estimate of drug-likeness (QED) is 0.669. The minimum atomic E-state index is -0.368. The highest BCUT2D eigenvalue weighted by molar-refractivity contribution is 5.50. The fourth-order valence-corrected chi connectivity index (χ4v) is 1.87. The van der Waals surface area contributed by atoms with Gasteiger partial charge in [-0.05, 0) is 43.7 Å². The van der Waals surface area contributed by atoms with Gasteiger partial charge in [-0.15, -0.1) is 0 Å². The molecule has 0 saturated carbocycles. The molecule has 2 heteroatoms. The van der Waals surface area contributed by atoms with Crippen LogP contribution in [0.15, 0.2) is 54.6 Å². The Morgan fingerprint density at radius 1 is 0.900 bits per heavy atom. The zero-order valence-electron chi connectivity index (χ0n) is 11.7. The maximum absolute atomic E-state index is 10.6. The van der Waals surface area contributed by atoms with E-state index in [9.17, 15) is 4.79 Å². The number of hydrogen-bond acceptors (Lipinski definition) is 1. The van der Waals surface area contributed by atoms with Gasteiger partial charge in [-0.1, -0.05) is 42.2 Å². The second-order valence-corrected chi connectivity index (χ2v) is 5.08. The molecule has 0 aliphatic heterocycles. The van der Waals surface area contributed by atoms with Crippen molar-refractivity contribution in [3.63, 3.8) is 0 Å². The van der Waals surface area contributed by atoms with E-state index < -0.39 is 0 Å². The second kappa shape index (κ2) is 6.08. The van der Waals surface area contributed by atoms with Gasteiger partial charge < -0.3 is 5.32 Å². The lowest BCUT2D eigenvalue weighted by Crippen LogP contribution is -2.35. The Labute approximate surface area is 119 Å². The molecular weight excluding hydrogens is 246 g/mol. The average Bonchev–Trinajstić information content (AvgIpc) is 2.47. The summed E-state index contributed by atoms with van der Waals surface area (Å²) in [6.07, 6.45) is 0.725. The number of rotatable bonds is 3. The van der Waals surface area contributed by atoms with Crippen LogP contribution in [0.2, 0.25) is 0 Å². The smallest absolute Gasteiger partial charge is 0.207 e. The number of amides is 1. The maximum atomic E-state index is 10.6. The van der Waals surface area contributed by atoms with E-state index in [1.54, 1.807) is 0 Å². The lowest BCUT2D eigenvalue weighted by atomic mass is 9.94. The Morgan fingerprint density at radius 2 is 1.45 bits per heavy atom. The number of hydrogen-bond donors (Lipinski definition) is 1. The van der Waals surface area contributed by atoms with Crippen molar-refractivity contribution in [3.05, 3.63) is 71.3 Å². The van der Waals surface area contributed by atoms with E-state index in [1.807, 2.05) is 68.4 Å². The minimum absolute atomic E-state index is 0.368. The third-order valence-electron chi connectivity index (χ3n) is 3.15. The molecule has 0 aromatic heterocycles. The van der Waals surface area contributed by atoms with Crippen molar-refractivity contribution in [1.82, 2.24) is 5.32 Å². The fraction of sp³-hybridized carbons (Fsp3) is 0.167. The summed E-state index contributed by atoms with van der Waals surface area (Å²) < 4.78 is 0. The Morgan fingerprint density at radius 3 is 2.00 bits per heavy atom. The zero-order chi connectivity index (χ0) is 14.4. The molecule has 100 valence electrons. The Kier molecular flexibility index (Phi) is 4.22. The van der Waals surface area contributed by atoms with Crippen molar-refractivity contribution in [3.8, 4) is 11.8 Å². The van der Waals surface area contributed by atoms with Crippen LogP contribution < -0.4 is 5.32 Å². The van der Waals surface area contributed by atoms with Gasteiger partial charge in [0, 0.05) is 11.1 Å². The van der Waals surface area contributed by atoms with Gasteiger partial charge in [0.15, 0.2) is 0 Å². The van der Waals surface area contributed by atoms with Gasteiger partial charge in [0.25, 0.3) is 0 Å². The Balaban J connectivity index is 2.17. The number of carbonyl (C=O) groups is 1. The summed E-state index contributed by atoms with van der Waals surface area (Å²) in [7, 11) is 0. The van der Waals surface area contributed by atoms with E-state index in [2.05, 4.69) is 17.2 Å². The van der Waals surface area contributed by atoms with E-state index in [0.717, 1.165) is 23.1 Å². The summed E-state index contributed by atoms with van der Waals surface area (Å²) in [5.74, 6) is 6.25. The molecule has 20 heavy (non-hydrogen) atoms. The highest BCUT2D eigenvalue weighted by atomic mass is 16.1. The molecule has 0 fully saturated rings. The molecule has 0 heterocycles. The van der Waals surface area contributed by atoms with Crippen LogP contribution in [-0.2, 0) is 10.3 Å². The molecule has 0 bridgehead atoms. The molecule has 0 spiro atoms. The Hall–Kier alpha value is -2.53. The largest absolute Gasteiger partial charge is 0.350 e. The lowest BCUT2D eigenvalue weighted by Gasteiger charge is -2.24. The highest BCUT2D eigenvalue weighted by Gasteiger charge is 2.18. The van der Waals surface area contributed by atoms with Gasteiger partial charge in [-0.3, -0.25) is 4.79 Å². The fourth-order valence-electron chi connectivity index (χ4n) is 1.87. The van der Waals surface area contributed by atoms with Gasteiger partial charge in [0.1, 0.15) is 0 Å². The SMILES string of the molecule is CC(C)(NC=O)c1ccc(C#Cc2ccccc2)cc1. The van der Waals surface area contributed by atoms with Crippen LogP contribution in [0.4, 0.5) is 0 Å². The monoisotopic (exact) mass is 263 g/mol. The molecule has 0 unspecified atom stereocenters.